The number of halogens is 2. The monoisotopic (exact) mass is 329 g/mol. The van der Waals surface area contributed by atoms with Gasteiger partial charge in [0.15, 0.2) is 0 Å². The van der Waals surface area contributed by atoms with Gasteiger partial charge in [-0.05, 0) is 18.2 Å². The molecule has 0 fully saturated rings. The number of aromatic nitrogens is 1. The Labute approximate surface area is 131 Å². The van der Waals surface area contributed by atoms with Crippen LogP contribution in [0.2, 0.25) is 9.36 Å². The lowest BCUT2D eigenvalue weighted by atomic mass is 10.2. The fourth-order valence-corrected chi connectivity index (χ4v) is 2.67. The lowest BCUT2D eigenvalue weighted by Gasteiger charge is -2.13. The Morgan fingerprint density at radius 2 is 2.15 bits per heavy atom. The molecule has 0 bridgehead atoms. The summed E-state index contributed by atoms with van der Waals surface area (Å²) in [5.74, 6) is -0.0676. The molecule has 0 aliphatic heterocycles. The van der Waals surface area contributed by atoms with Crippen LogP contribution < -0.4 is 5.32 Å². The number of rotatable bonds is 4. The topological polar surface area (TPSA) is 45.2 Å². The van der Waals surface area contributed by atoms with E-state index in [9.17, 15) is 4.79 Å². The SMILES string of the molecule is CN(C)C(=O)c1ccc(Cl)c(NCc2ncc(Cl)s2)c1. The number of amides is 1. The van der Waals surface area contributed by atoms with Gasteiger partial charge in [0.05, 0.1) is 23.5 Å². The van der Waals surface area contributed by atoms with Gasteiger partial charge < -0.3 is 10.2 Å². The minimum atomic E-state index is -0.0676. The number of anilines is 1. The Bertz CT molecular complexity index is 628. The van der Waals surface area contributed by atoms with Gasteiger partial charge in [0, 0.05) is 19.7 Å². The number of nitrogens with zero attached hydrogens (tertiary/aromatic N) is 2. The molecule has 4 nitrogen and oxygen atoms in total. The van der Waals surface area contributed by atoms with Gasteiger partial charge in [-0.15, -0.1) is 11.3 Å². The zero-order chi connectivity index (χ0) is 14.7. The van der Waals surface area contributed by atoms with Gasteiger partial charge in [-0.1, -0.05) is 23.2 Å². The molecule has 0 atom stereocenters. The number of carbonyl (C=O) groups excluding carboxylic acids is 1. The van der Waals surface area contributed by atoms with Gasteiger partial charge in [-0.2, -0.15) is 0 Å². The van der Waals surface area contributed by atoms with E-state index >= 15 is 0 Å². The quantitative estimate of drug-likeness (QED) is 0.928. The van der Waals surface area contributed by atoms with Gasteiger partial charge in [-0.3, -0.25) is 4.79 Å². The van der Waals surface area contributed by atoms with E-state index in [0.717, 1.165) is 5.01 Å². The van der Waals surface area contributed by atoms with Crippen molar-refractivity contribution in [2.45, 2.75) is 6.54 Å². The number of carbonyl (C=O) groups is 1. The van der Waals surface area contributed by atoms with Gasteiger partial charge in [0.1, 0.15) is 9.34 Å². The maximum absolute atomic E-state index is 11.9. The fraction of sp³-hybridized carbons (Fsp3) is 0.231. The molecule has 1 heterocycles. The second-order valence-electron chi connectivity index (χ2n) is 4.31. The van der Waals surface area contributed by atoms with E-state index in [1.165, 1.54) is 16.2 Å². The molecular formula is C13H13Cl2N3OS. The van der Waals surface area contributed by atoms with Crippen molar-refractivity contribution >= 4 is 46.1 Å². The minimum Gasteiger partial charge on any atom is -0.377 e. The van der Waals surface area contributed by atoms with Gasteiger partial charge in [0.25, 0.3) is 5.91 Å². The van der Waals surface area contributed by atoms with Gasteiger partial charge in [-0.25, -0.2) is 4.98 Å². The molecule has 106 valence electrons. The number of benzene rings is 1. The molecule has 0 radical (unpaired) electrons. The second kappa shape index (κ2) is 6.43. The molecule has 0 aliphatic carbocycles. The maximum atomic E-state index is 11.9. The molecule has 0 unspecified atom stereocenters. The van der Waals surface area contributed by atoms with E-state index in [4.69, 9.17) is 23.2 Å². The third kappa shape index (κ3) is 3.62. The minimum absolute atomic E-state index is 0.0676. The summed E-state index contributed by atoms with van der Waals surface area (Å²) < 4.78 is 0.643. The molecular weight excluding hydrogens is 317 g/mol. The van der Waals surface area contributed by atoms with Crippen LogP contribution in [-0.4, -0.2) is 29.9 Å². The predicted octanol–water partition coefficient (Wildman–Crippen LogP) is 3.76. The smallest absolute Gasteiger partial charge is 0.253 e. The van der Waals surface area contributed by atoms with Crippen LogP contribution in [0.5, 0.6) is 0 Å². The Kier molecular flexibility index (Phi) is 4.86. The highest BCUT2D eigenvalue weighted by Crippen LogP contribution is 2.25. The molecule has 1 aromatic heterocycles. The number of hydrogen-bond donors (Lipinski definition) is 1. The third-order valence-electron chi connectivity index (χ3n) is 2.57. The molecule has 20 heavy (non-hydrogen) atoms. The number of hydrogen-bond acceptors (Lipinski definition) is 4. The highest BCUT2D eigenvalue weighted by molar-refractivity contribution is 7.15. The van der Waals surface area contributed by atoms with Crippen molar-refractivity contribution in [2.24, 2.45) is 0 Å². The first-order chi connectivity index (χ1) is 9.47. The highest BCUT2D eigenvalue weighted by atomic mass is 35.5. The molecule has 1 aromatic carbocycles. The lowest BCUT2D eigenvalue weighted by molar-refractivity contribution is 0.0827. The normalized spacial score (nSPS) is 10.4. The van der Waals surface area contributed by atoms with E-state index in [1.54, 1.807) is 38.5 Å². The molecule has 1 N–H and O–H groups in total. The summed E-state index contributed by atoms with van der Waals surface area (Å²) in [5, 5.41) is 4.58. The van der Waals surface area contributed by atoms with E-state index in [1.807, 2.05) is 0 Å². The summed E-state index contributed by atoms with van der Waals surface area (Å²) in [6.45, 7) is 0.511. The summed E-state index contributed by atoms with van der Waals surface area (Å²) in [4.78, 5) is 17.6. The second-order valence-corrected chi connectivity index (χ2v) is 6.46. The average molecular weight is 330 g/mol. The van der Waals surface area contributed by atoms with Crippen LogP contribution in [0.15, 0.2) is 24.4 Å². The fourth-order valence-electron chi connectivity index (χ4n) is 1.59. The first-order valence-corrected chi connectivity index (χ1v) is 7.40. The zero-order valence-electron chi connectivity index (χ0n) is 11.0. The van der Waals surface area contributed by atoms with E-state index in [2.05, 4.69) is 10.3 Å². The van der Waals surface area contributed by atoms with Crippen molar-refractivity contribution in [1.29, 1.82) is 0 Å². The van der Waals surface area contributed by atoms with Crippen molar-refractivity contribution in [3.63, 3.8) is 0 Å². The van der Waals surface area contributed by atoms with Crippen LogP contribution in [0.3, 0.4) is 0 Å². The summed E-state index contributed by atoms with van der Waals surface area (Å²) in [6.07, 6.45) is 1.61. The predicted molar refractivity (Wildman–Crippen MR) is 83.9 cm³/mol. The van der Waals surface area contributed by atoms with Crippen LogP contribution >= 0.6 is 34.5 Å². The molecule has 2 rings (SSSR count). The lowest BCUT2D eigenvalue weighted by Crippen LogP contribution is -2.21. The van der Waals surface area contributed by atoms with Crippen LogP contribution in [0, 0.1) is 0 Å². The van der Waals surface area contributed by atoms with Crippen LogP contribution in [0.25, 0.3) is 0 Å². The molecule has 7 heteroatoms. The first-order valence-electron chi connectivity index (χ1n) is 5.82. The largest absolute Gasteiger partial charge is 0.377 e. The molecule has 1 amide bonds. The van der Waals surface area contributed by atoms with Crippen molar-refractivity contribution in [1.82, 2.24) is 9.88 Å². The van der Waals surface area contributed by atoms with Crippen LogP contribution in [0.4, 0.5) is 5.69 Å². The van der Waals surface area contributed by atoms with Crippen molar-refractivity contribution in [3.8, 4) is 0 Å². The highest BCUT2D eigenvalue weighted by Gasteiger charge is 2.11. The Morgan fingerprint density at radius 3 is 2.75 bits per heavy atom. The van der Waals surface area contributed by atoms with Gasteiger partial charge in [0.2, 0.25) is 0 Å². The Balaban J connectivity index is 2.14. The van der Waals surface area contributed by atoms with E-state index in [0.29, 0.717) is 27.2 Å². The Hall–Kier alpha value is -1.30. The molecule has 0 aliphatic rings. The number of thiazole rings is 1. The summed E-state index contributed by atoms with van der Waals surface area (Å²) in [5.41, 5.74) is 1.28. The first kappa shape index (κ1) is 15.1. The standard InChI is InChI=1S/C13H13Cl2N3OS/c1-18(2)13(19)8-3-4-9(14)10(5-8)16-7-12-17-6-11(15)20-12/h3-6,16H,7H2,1-2H3. The number of nitrogens with one attached hydrogen (secondary N) is 1. The van der Waals surface area contributed by atoms with Crippen molar-refractivity contribution in [2.75, 3.05) is 19.4 Å². The summed E-state index contributed by atoms with van der Waals surface area (Å²) in [6, 6.07) is 5.14. The van der Waals surface area contributed by atoms with Crippen LogP contribution in [-0.2, 0) is 6.54 Å². The van der Waals surface area contributed by atoms with Crippen molar-refractivity contribution in [3.05, 3.63) is 44.3 Å². The zero-order valence-corrected chi connectivity index (χ0v) is 13.3. The maximum Gasteiger partial charge on any atom is 0.253 e. The van der Waals surface area contributed by atoms with E-state index in [-0.39, 0.29) is 5.91 Å². The third-order valence-corrected chi connectivity index (χ3v) is 4.02. The molecule has 0 saturated carbocycles. The summed E-state index contributed by atoms with van der Waals surface area (Å²) in [7, 11) is 3.42. The average Bonchev–Trinajstić information content (AvgIpc) is 2.82. The van der Waals surface area contributed by atoms with Gasteiger partial charge >= 0.3 is 0 Å². The van der Waals surface area contributed by atoms with Crippen LogP contribution in [0.1, 0.15) is 15.4 Å². The molecule has 0 saturated heterocycles. The molecule has 2 aromatic rings. The summed E-state index contributed by atoms with van der Waals surface area (Å²) >= 11 is 13.4. The Morgan fingerprint density at radius 1 is 1.40 bits per heavy atom. The van der Waals surface area contributed by atoms with Crippen molar-refractivity contribution < 1.29 is 4.79 Å². The molecule has 0 spiro atoms. The van der Waals surface area contributed by atoms with E-state index < -0.39 is 0 Å².